The van der Waals surface area contributed by atoms with Crippen LogP contribution >= 0.6 is 0 Å². The molecule has 0 amide bonds. The van der Waals surface area contributed by atoms with E-state index < -0.39 is 0 Å². The Balaban J connectivity index is 1.49. The first-order valence-electron chi connectivity index (χ1n) is 7.73. The highest BCUT2D eigenvalue weighted by Crippen LogP contribution is 2.14. The lowest BCUT2D eigenvalue weighted by Gasteiger charge is -2.35. The van der Waals surface area contributed by atoms with Gasteiger partial charge in [-0.05, 0) is 13.0 Å². The van der Waals surface area contributed by atoms with Crippen LogP contribution in [0.3, 0.4) is 0 Å². The van der Waals surface area contributed by atoms with E-state index in [-0.39, 0.29) is 0 Å². The number of hydrogen-bond acceptors (Lipinski definition) is 7. The molecule has 3 rings (SSSR count). The number of piperazine rings is 1. The van der Waals surface area contributed by atoms with E-state index in [9.17, 15) is 0 Å². The van der Waals surface area contributed by atoms with Crippen LogP contribution in [0.4, 0.5) is 11.8 Å². The molecule has 8 nitrogen and oxygen atoms in total. The van der Waals surface area contributed by atoms with Crippen LogP contribution in [-0.4, -0.2) is 69.1 Å². The highest BCUT2D eigenvalue weighted by Gasteiger charge is 2.18. The largest absolute Gasteiger partial charge is 0.354 e. The fourth-order valence-electron chi connectivity index (χ4n) is 2.56. The zero-order chi connectivity index (χ0) is 15.2. The molecule has 0 bridgehead atoms. The maximum Gasteiger partial charge on any atom is 0.224 e. The molecule has 22 heavy (non-hydrogen) atoms. The lowest BCUT2D eigenvalue weighted by molar-refractivity contribution is 0.239. The normalized spacial score (nSPS) is 16.0. The third kappa shape index (κ3) is 3.70. The van der Waals surface area contributed by atoms with Gasteiger partial charge in [0.15, 0.2) is 0 Å². The van der Waals surface area contributed by atoms with Crippen molar-refractivity contribution in [2.75, 3.05) is 49.5 Å². The Hall–Kier alpha value is -2.22. The second-order valence-electron chi connectivity index (χ2n) is 5.22. The molecule has 0 unspecified atom stereocenters. The van der Waals surface area contributed by atoms with Crippen molar-refractivity contribution in [1.29, 1.82) is 0 Å². The van der Waals surface area contributed by atoms with Gasteiger partial charge in [-0.1, -0.05) is 0 Å². The van der Waals surface area contributed by atoms with E-state index in [1.807, 2.05) is 19.2 Å². The molecule has 1 N–H and O–H groups in total. The lowest BCUT2D eigenvalue weighted by Crippen LogP contribution is -2.47. The maximum atomic E-state index is 4.56. The minimum Gasteiger partial charge on any atom is -0.354 e. The topological polar surface area (TPSA) is 75.0 Å². The van der Waals surface area contributed by atoms with Gasteiger partial charge >= 0.3 is 0 Å². The first kappa shape index (κ1) is 14.7. The standard InChI is InChI=1S/C14H22N8/c1-2-15-14-16-4-3-13(19-14)21-10-7-20(8-11-21)9-12-22-17-5-6-18-22/h3-6H,2,7-12H2,1H3,(H,15,16,19). The Labute approximate surface area is 130 Å². The molecular formula is C14H22N8. The SMILES string of the molecule is CCNc1nccc(N2CCN(CCn3nccn3)CC2)n1. The highest BCUT2D eigenvalue weighted by atomic mass is 15.5. The van der Waals surface area contributed by atoms with Gasteiger partial charge in [-0.15, -0.1) is 0 Å². The fourth-order valence-corrected chi connectivity index (χ4v) is 2.56. The molecule has 0 aromatic carbocycles. The van der Waals surface area contributed by atoms with E-state index in [1.165, 1.54) is 0 Å². The average Bonchev–Trinajstić information content (AvgIpc) is 3.08. The smallest absolute Gasteiger partial charge is 0.224 e. The number of anilines is 2. The number of nitrogens with zero attached hydrogens (tertiary/aromatic N) is 7. The van der Waals surface area contributed by atoms with Crippen LogP contribution in [0.1, 0.15) is 6.92 Å². The molecule has 2 aromatic heterocycles. The summed E-state index contributed by atoms with van der Waals surface area (Å²) in [6.45, 7) is 8.72. The summed E-state index contributed by atoms with van der Waals surface area (Å²) in [5, 5.41) is 11.4. The fraction of sp³-hybridized carbons (Fsp3) is 0.571. The summed E-state index contributed by atoms with van der Waals surface area (Å²) in [4.78, 5) is 15.3. The van der Waals surface area contributed by atoms with Gasteiger partial charge in [-0.25, -0.2) is 4.98 Å². The number of hydrogen-bond donors (Lipinski definition) is 1. The molecular weight excluding hydrogens is 280 g/mol. The number of aromatic nitrogens is 5. The summed E-state index contributed by atoms with van der Waals surface area (Å²) < 4.78 is 0. The number of rotatable bonds is 6. The summed E-state index contributed by atoms with van der Waals surface area (Å²) in [6.07, 6.45) is 5.25. The van der Waals surface area contributed by atoms with Crippen LogP contribution < -0.4 is 10.2 Å². The van der Waals surface area contributed by atoms with Crippen molar-refractivity contribution in [3.05, 3.63) is 24.7 Å². The molecule has 0 aliphatic carbocycles. The van der Waals surface area contributed by atoms with Crippen LogP contribution in [0.2, 0.25) is 0 Å². The van der Waals surface area contributed by atoms with Gasteiger partial charge in [-0.3, -0.25) is 4.90 Å². The van der Waals surface area contributed by atoms with E-state index in [4.69, 9.17) is 0 Å². The van der Waals surface area contributed by atoms with Gasteiger partial charge in [-0.2, -0.15) is 20.0 Å². The van der Waals surface area contributed by atoms with Crippen LogP contribution in [-0.2, 0) is 6.54 Å². The molecule has 0 atom stereocenters. The molecule has 0 spiro atoms. The third-order valence-corrected chi connectivity index (χ3v) is 3.75. The average molecular weight is 302 g/mol. The summed E-state index contributed by atoms with van der Waals surface area (Å²) in [6, 6.07) is 1.98. The molecule has 1 fully saturated rings. The monoisotopic (exact) mass is 302 g/mol. The molecule has 1 aliphatic rings. The molecule has 8 heteroatoms. The van der Waals surface area contributed by atoms with Gasteiger partial charge < -0.3 is 10.2 Å². The summed E-state index contributed by atoms with van der Waals surface area (Å²) >= 11 is 0. The van der Waals surface area contributed by atoms with Gasteiger partial charge in [0.1, 0.15) is 5.82 Å². The van der Waals surface area contributed by atoms with Crippen molar-refractivity contribution in [3.63, 3.8) is 0 Å². The first-order chi connectivity index (χ1) is 10.8. The second kappa shape index (κ2) is 7.17. The van der Waals surface area contributed by atoms with Crippen molar-refractivity contribution < 1.29 is 0 Å². The van der Waals surface area contributed by atoms with Gasteiger partial charge in [0.25, 0.3) is 0 Å². The third-order valence-electron chi connectivity index (χ3n) is 3.75. The van der Waals surface area contributed by atoms with E-state index >= 15 is 0 Å². The van der Waals surface area contributed by atoms with E-state index in [1.54, 1.807) is 17.2 Å². The van der Waals surface area contributed by atoms with Crippen molar-refractivity contribution in [2.24, 2.45) is 0 Å². The zero-order valence-electron chi connectivity index (χ0n) is 12.9. The van der Waals surface area contributed by atoms with E-state index in [0.29, 0.717) is 5.95 Å². The molecule has 0 saturated carbocycles. The highest BCUT2D eigenvalue weighted by molar-refractivity contribution is 5.42. The van der Waals surface area contributed by atoms with E-state index in [2.05, 4.69) is 35.3 Å². The molecule has 118 valence electrons. The molecule has 1 aliphatic heterocycles. The first-order valence-corrected chi connectivity index (χ1v) is 7.73. The van der Waals surface area contributed by atoms with Crippen molar-refractivity contribution >= 4 is 11.8 Å². The summed E-state index contributed by atoms with van der Waals surface area (Å²) in [5.74, 6) is 1.70. The molecule has 0 radical (unpaired) electrons. The van der Waals surface area contributed by atoms with Crippen LogP contribution in [0.25, 0.3) is 0 Å². The van der Waals surface area contributed by atoms with Crippen LogP contribution in [0, 0.1) is 0 Å². The van der Waals surface area contributed by atoms with E-state index in [0.717, 1.165) is 51.6 Å². The van der Waals surface area contributed by atoms with Gasteiger partial charge in [0, 0.05) is 45.5 Å². The Morgan fingerprint density at radius 3 is 2.55 bits per heavy atom. The predicted octanol–water partition coefficient (Wildman–Crippen LogP) is 0.322. The molecule has 3 heterocycles. The van der Waals surface area contributed by atoms with Crippen LogP contribution in [0.5, 0.6) is 0 Å². The Bertz CT molecular complexity index is 562. The molecule has 1 saturated heterocycles. The Morgan fingerprint density at radius 1 is 1.05 bits per heavy atom. The van der Waals surface area contributed by atoms with Crippen LogP contribution in [0.15, 0.2) is 24.7 Å². The van der Waals surface area contributed by atoms with Gasteiger partial charge in [0.05, 0.1) is 18.9 Å². The van der Waals surface area contributed by atoms with Crippen molar-refractivity contribution in [3.8, 4) is 0 Å². The molecule has 2 aromatic rings. The van der Waals surface area contributed by atoms with Crippen molar-refractivity contribution in [1.82, 2.24) is 29.9 Å². The lowest BCUT2D eigenvalue weighted by atomic mass is 10.3. The predicted molar refractivity (Wildman–Crippen MR) is 84.9 cm³/mol. The quantitative estimate of drug-likeness (QED) is 0.823. The summed E-state index contributed by atoms with van der Waals surface area (Å²) in [7, 11) is 0. The maximum absolute atomic E-state index is 4.56. The second-order valence-corrected chi connectivity index (χ2v) is 5.22. The minimum atomic E-state index is 0.701. The minimum absolute atomic E-state index is 0.701. The Kier molecular flexibility index (Phi) is 4.79. The van der Waals surface area contributed by atoms with Gasteiger partial charge in [0.2, 0.25) is 5.95 Å². The van der Waals surface area contributed by atoms with Crippen molar-refractivity contribution in [2.45, 2.75) is 13.5 Å². The zero-order valence-corrected chi connectivity index (χ0v) is 12.9. The number of nitrogens with one attached hydrogen (secondary N) is 1. The summed E-state index contributed by atoms with van der Waals surface area (Å²) in [5.41, 5.74) is 0. The Morgan fingerprint density at radius 2 is 1.82 bits per heavy atom.